The Morgan fingerprint density at radius 1 is 1.24 bits per heavy atom. The highest BCUT2D eigenvalue weighted by molar-refractivity contribution is 7.99. The van der Waals surface area contributed by atoms with Crippen molar-refractivity contribution in [1.29, 1.82) is 0 Å². The van der Waals surface area contributed by atoms with E-state index in [-0.39, 0.29) is 5.56 Å². The molecule has 0 fully saturated rings. The van der Waals surface area contributed by atoms with E-state index in [1.165, 1.54) is 0 Å². The average molecular weight is 315 g/mol. The quantitative estimate of drug-likeness (QED) is 0.687. The lowest BCUT2D eigenvalue weighted by atomic mass is 10.1. The highest BCUT2D eigenvalue weighted by atomic mass is 35.5. The summed E-state index contributed by atoms with van der Waals surface area (Å²) in [7, 11) is 0. The van der Waals surface area contributed by atoms with E-state index in [2.05, 4.69) is 4.98 Å². The predicted molar refractivity (Wildman–Crippen MR) is 86.8 cm³/mol. The number of halogens is 1. The number of benzene rings is 1. The highest BCUT2D eigenvalue weighted by Crippen LogP contribution is 2.35. The highest BCUT2D eigenvalue weighted by Gasteiger charge is 2.22. The zero-order valence-corrected chi connectivity index (χ0v) is 12.6. The second-order valence-electron chi connectivity index (χ2n) is 4.90. The minimum absolute atomic E-state index is 0.0171. The molecule has 0 spiro atoms. The van der Waals surface area contributed by atoms with Gasteiger partial charge in [-0.25, -0.2) is 4.98 Å². The zero-order valence-electron chi connectivity index (χ0n) is 11.0. The van der Waals surface area contributed by atoms with E-state index in [1.807, 2.05) is 24.3 Å². The Hall–Kier alpha value is -1.78. The standard InChI is InChI=1S/C16H11ClN2OS/c17-10-3-1-4-11(9-10)19-15-12(5-2-7-18-15)14-13(16(19)20)6-8-21-14/h1-5,7,9H,6,8H2. The van der Waals surface area contributed by atoms with Gasteiger partial charge in [-0.2, -0.15) is 0 Å². The third-order valence-electron chi connectivity index (χ3n) is 3.64. The number of pyridine rings is 2. The maximum absolute atomic E-state index is 12.9. The van der Waals surface area contributed by atoms with Gasteiger partial charge in [-0.1, -0.05) is 17.7 Å². The lowest BCUT2D eigenvalue weighted by molar-refractivity contribution is 0.953. The van der Waals surface area contributed by atoms with Crippen molar-refractivity contribution in [2.75, 3.05) is 5.75 Å². The van der Waals surface area contributed by atoms with Crippen LogP contribution in [0.4, 0.5) is 0 Å². The van der Waals surface area contributed by atoms with Crippen LogP contribution in [0.15, 0.2) is 52.3 Å². The van der Waals surface area contributed by atoms with Crippen molar-refractivity contribution in [2.24, 2.45) is 0 Å². The zero-order chi connectivity index (χ0) is 14.4. The van der Waals surface area contributed by atoms with Gasteiger partial charge in [-0.15, -0.1) is 11.8 Å². The van der Waals surface area contributed by atoms with Gasteiger partial charge in [0, 0.05) is 32.8 Å². The Morgan fingerprint density at radius 2 is 2.14 bits per heavy atom. The van der Waals surface area contributed by atoms with E-state index < -0.39 is 0 Å². The molecule has 0 N–H and O–H groups in total. The average Bonchev–Trinajstić information content (AvgIpc) is 2.98. The van der Waals surface area contributed by atoms with E-state index in [0.29, 0.717) is 10.7 Å². The molecule has 3 nitrogen and oxygen atoms in total. The molecule has 3 aromatic rings. The van der Waals surface area contributed by atoms with Crippen LogP contribution in [0.3, 0.4) is 0 Å². The number of rotatable bonds is 1. The first kappa shape index (κ1) is 12.9. The fraction of sp³-hybridized carbons (Fsp3) is 0.125. The van der Waals surface area contributed by atoms with Crippen molar-refractivity contribution in [3.05, 3.63) is 63.5 Å². The molecule has 21 heavy (non-hydrogen) atoms. The molecule has 4 rings (SSSR count). The van der Waals surface area contributed by atoms with Crippen molar-refractivity contribution in [2.45, 2.75) is 11.3 Å². The molecule has 0 saturated carbocycles. The van der Waals surface area contributed by atoms with Gasteiger partial charge in [-0.05, 0) is 36.8 Å². The molecule has 1 aromatic carbocycles. The van der Waals surface area contributed by atoms with Crippen LogP contribution in [0, 0.1) is 0 Å². The van der Waals surface area contributed by atoms with Crippen molar-refractivity contribution < 1.29 is 0 Å². The third kappa shape index (κ3) is 1.98. The van der Waals surface area contributed by atoms with Gasteiger partial charge in [0.15, 0.2) is 0 Å². The lowest BCUT2D eigenvalue weighted by Crippen LogP contribution is -2.23. The van der Waals surface area contributed by atoms with Gasteiger partial charge in [0.25, 0.3) is 5.56 Å². The van der Waals surface area contributed by atoms with Gasteiger partial charge >= 0.3 is 0 Å². The molecule has 0 aliphatic carbocycles. The summed E-state index contributed by atoms with van der Waals surface area (Å²) >= 11 is 7.81. The van der Waals surface area contributed by atoms with E-state index in [0.717, 1.165) is 33.7 Å². The summed E-state index contributed by atoms with van der Waals surface area (Å²) in [5.41, 5.74) is 2.36. The molecule has 2 aromatic heterocycles. The number of thioether (sulfide) groups is 1. The molecule has 0 bridgehead atoms. The van der Waals surface area contributed by atoms with Gasteiger partial charge in [-0.3, -0.25) is 9.36 Å². The fourth-order valence-electron chi connectivity index (χ4n) is 2.74. The van der Waals surface area contributed by atoms with Crippen LogP contribution < -0.4 is 5.56 Å². The smallest absolute Gasteiger partial charge is 0.261 e. The van der Waals surface area contributed by atoms with E-state index in [1.54, 1.807) is 34.7 Å². The van der Waals surface area contributed by atoms with Crippen LogP contribution in [0.2, 0.25) is 5.02 Å². The minimum Gasteiger partial charge on any atom is -0.269 e. The molecule has 0 radical (unpaired) electrons. The van der Waals surface area contributed by atoms with Gasteiger partial charge in [0.05, 0.1) is 5.69 Å². The third-order valence-corrected chi connectivity index (χ3v) is 5.04. The molecule has 104 valence electrons. The molecule has 0 amide bonds. The van der Waals surface area contributed by atoms with Crippen LogP contribution in [0.1, 0.15) is 5.56 Å². The first-order chi connectivity index (χ1) is 10.3. The summed E-state index contributed by atoms with van der Waals surface area (Å²) in [6.07, 6.45) is 2.53. The Bertz CT molecular complexity index is 920. The number of hydrogen-bond acceptors (Lipinski definition) is 3. The predicted octanol–water partition coefficient (Wildman–Crippen LogP) is 3.69. The lowest BCUT2D eigenvalue weighted by Gasteiger charge is -2.13. The second-order valence-corrected chi connectivity index (χ2v) is 6.44. The van der Waals surface area contributed by atoms with E-state index in [4.69, 9.17) is 11.6 Å². The van der Waals surface area contributed by atoms with Crippen molar-refractivity contribution >= 4 is 34.4 Å². The van der Waals surface area contributed by atoms with Crippen molar-refractivity contribution in [1.82, 2.24) is 9.55 Å². The van der Waals surface area contributed by atoms with Gasteiger partial charge in [0.2, 0.25) is 0 Å². The van der Waals surface area contributed by atoms with Gasteiger partial charge in [0.1, 0.15) is 5.65 Å². The molecule has 1 aliphatic rings. The first-order valence-corrected chi connectivity index (χ1v) is 8.03. The number of hydrogen-bond donors (Lipinski definition) is 0. The molecule has 0 atom stereocenters. The Balaban J connectivity index is 2.17. The molecule has 0 saturated heterocycles. The first-order valence-electron chi connectivity index (χ1n) is 6.67. The molecule has 5 heteroatoms. The van der Waals surface area contributed by atoms with E-state index >= 15 is 0 Å². The summed E-state index contributed by atoms with van der Waals surface area (Å²) in [5, 5.41) is 1.65. The maximum Gasteiger partial charge on any atom is 0.261 e. The molecule has 1 aliphatic heterocycles. The monoisotopic (exact) mass is 314 g/mol. The Morgan fingerprint density at radius 3 is 3.00 bits per heavy atom. The topological polar surface area (TPSA) is 34.9 Å². The van der Waals surface area contributed by atoms with Crippen molar-refractivity contribution in [3.63, 3.8) is 0 Å². The van der Waals surface area contributed by atoms with Crippen LogP contribution in [-0.4, -0.2) is 15.3 Å². The van der Waals surface area contributed by atoms with Crippen LogP contribution >= 0.6 is 23.4 Å². The Kier molecular flexibility index (Phi) is 3.01. The second kappa shape index (κ2) is 4.90. The molecular weight excluding hydrogens is 304 g/mol. The molecule has 0 unspecified atom stereocenters. The summed E-state index contributed by atoms with van der Waals surface area (Å²) < 4.78 is 1.67. The van der Waals surface area contributed by atoms with E-state index in [9.17, 15) is 4.79 Å². The minimum atomic E-state index is 0.0171. The summed E-state index contributed by atoms with van der Waals surface area (Å²) in [5.74, 6) is 0.953. The number of fused-ring (bicyclic) bond motifs is 3. The van der Waals surface area contributed by atoms with Crippen LogP contribution in [0.25, 0.3) is 16.7 Å². The normalized spacial score (nSPS) is 13.6. The largest absolute Gasteiger partial charge is 0.269 e. The van der Waals surface area contributed by atoms with Crippen LogP contribution in [-0.2, 0) is 6.42 Å². The summed E-state index contributed by atoms with van der Waals surface area (Å²) in [4.78, 5) is 18.4. The molecule has 3 heterocycles. The Labute approximate surface area is 130 Å². The fourth-order valence-corrected chi connectivity index (χ4v) is 4.11. The number of nitrogens with zero attached hydrogens (tertiary/aromatic N) is 2. The van der Waals surface area contributed by atoms with Crippen molar-refractivity contribution in [3.8, 4) is 5.69 Å². The summed E-state index contributed by atoms with van der Waals surface area (Å²) in [6.45, 7) is 0. The summed E-state index contributed by atoms with van der Waals surface area (Å²) in [6, 6.07) is 11.3. The SMILES string of the molecule is O=c1c2c(c3cccnc3n1-c1cccc(Cl)c1)SCC2. The maximum atomic E-state index is 12.9. The number of aromatic nitrogens is 2. The van der Waals surface area contributed by atoms with Gasteiger partial charge < -0.3 is 0 Å². The van der Waals surface area contributed by atoms with Crippen LogP contribution in [0.5, 0.6) is 0 Å². The molecular formula is C16H11ClN2OS.